The quantitative estimate of drug-likeness (QED) is 0.792. The summed E-state index contributed by atoms with van der Waals surface area (Å²) in [6, 6.07) is 20.4. The number of carbonyl (C=O) groups is 1. The summed E-state index contributed by atoms with van der Waals surface area (Å²) in [6.45, 7) is 0. The highest BCUT2D eigenvalue weighted by Gasteiger charge is 2.35. The summed E-state index contributed by atoms with van der Waals surface area (Å²) in [5, 5.41) is 0. The Hall–Kier alpha value is -2.35. The van der Waals surface area contributed by atoms with Crippen molar-refractivity contribution in [2.75, 3.05) is 7.11 Å². The van der Waals surface area contributed by atoms with E-state index in [1.165, 1.54) is 23.8 Å². The molecule has 0 heterocycles. The molecular formula is C19H18O2. The Morgan fingerprint density at radius 3 is 2.24 bits per heavy atom. The third-order valence-corrected chi connectivity index (χ3v) is 4.09. The predicted molar refractivity (Wildman–Crippen MR) is 83.7 cm³/mol. The first-order chi connectivity index (χ1) is 10.3. The van der Waals surface area contributed by atoms with Crippen molar-refractivity contribution in [2.45, 2.75) is 12.3 Å². The Labute approximate surface area is 125 Å². The molecule has 0 bridgehead atoms. The number of rotatable bonds is 3. The minimum Gasteiger partial charge on any atom is -0.469 e. The topological polar surface area (TPSA) is 26.3 Å². The van der Waals surface area contributed by atoms with Crippen LogP contribution in [0.3, 0.4) is 0 Å². The Balaban J connectivity index is 1.97. The molecular weight excluding hydrogens is 260 g/mol. The lowest BCUT2D eigenvalue weighted by atomic mass is 9.89. The first-order valence-electron chi connectivity index (χ1n) is 7.18. The molecule has 1 aliphatic rings. The number of hydrogen-bond acceptors (Lipinski definition) is 2. The van der Waals surface area contributed by atoms with Gasteiger partial charge in [-0.2, -0.15) is 0 Å². The maximum absolute atomic E-state index is 12.1. The van der Waals surface area contributed by atoms with Crippen LogP contribution in [0.4, 0.5) is 0 Å². The molecule has 0 aromatic heterocycles. The summed E-state index contributed by atoms with van der Waals surface area (Å²) in [6.07, 6.45) is 2.95. The number of ether oxygens (including phenoxy) is 1. The van der Waals surface area contributed by atoms with Crippen molar-refractivity contribution in [1.82, 2.24) is 0 Å². The molecule has 0 saturated carbocycles. The summed E-state index contributed by atoms with van der Waals surface area (Å²) >= 11 is 0. The largest absolute Gasteiger partial charge is 0.469 e. The minimum atomic E-state index is -0.133. The average Bonchev–Trinajstić information content (AvgIpc) is 3.01. The van der Waals surface area contributed by atoms with E-state index < -0.39 is 0 Å². The van der Waals surface area contributed by atoms with E-state index in [-0.39, 0.29) is 17.8 Å². The van der Waals surface area contributed by atoms with Gasteiger partial charge in [0.05, 0.1) is 13.0 Å². The van der Waals surface area contributed by atoms with E-state index in [1.54, 1.807) is 0 Å². The highest BCUT2D eigenvalue weighted by Crippen LogP contribution is 2.42. The molecule has 21 heavy (non-hydrogen) atoms. The van der Waals surface area contributed by atoms with Crippen molar-refractivity contribution in [3.8, 4) is 0 Å². The van der Waals surface area contributed by atoms with Gasteiger partial charge in [-0.15, -0.1) is 0 Å². The molecule has 0 N–H and O–H groups in total. The van der Waals surface area contributed by atoms with Crippen molar-refractivity contribution in [1.29, 1.82) is 0 Å². The van der Waals surface area contributed by atoms with Gasteiger partial charge >= 0.3 is 5.97 Å². The smallest absolute Gasteiger partial charge is 0.309 e. The minimum absolute atomic E-state index is 0.0915. The lowest BCUT2D eigenvalue weighted by Gasteiger charge is -2.17. The van der Waals surface area contributed by atoms with E-state index in [9.17, 15) is 4.79 Å². The summed E-state index contributed by atoms with van der Waals surface area (Å²) in [5.74, 6) is -0.174. The zero-order valence-electron chi connectivity index (χ0n) is 12.0. The monoisotopic (exact) mass is 278 g/mol. The second-order valence-corrected chi connectivity index (χ2v) is 5.33. The van der Waals surface area contributed by atoms with Crippen molar-refractivity contribution >= 4 is 11.5 Å². The van der Waals surface area contributed by atoms with E-state index in [2.05, 4.69) is 30.3 Å². The number of hydrogen-bond donors (Lipinski definition) is 0. The number of benzene rings is 2. The van der Waals surface area contributed by atoms with E-state index in [0.29, 0.717) is 0 Å². The van der Waals surface area contributed by atoms with Crippen LogP contribution in [-0.4, -0.2) is 13.1 Å². The molecule has 0 radical (unpaired) electrons. The van der Waals surface area contributed by atoms with Gasteiger partial charge < -0.3 is 4.74 Å². The van der Waals surface area contributed by atoms with Crippen LogP contribution in [0.15, 0.2) is 66.7 Å². The zero-order valence-corrected chi connectivity index (χ0v) is 12.0. The molecule has 2 atom stereocenters. The van der Waals surface area contributed by atoms with Crippen LogP contribution in [0.5, 0.6) is 0 Å². The first kappa shape index (κ1) is 13.6. The highest BCUT2D eigenvalue weighted by molar-refractivity contribution is 5.82. The van der Waals surface area contributed by atoms with Crippen LogP contribution in [-0.2, 0) is 9.53 Å². The van der Waals surface area contributed by atoms with Crippen molar-refractivity contribution in [3.05, 3.63) is 77.9 Å². The highest BCUT2D eigenvalue weighted by atomic mass is 16.5. The van der Waals surface area contributed by atoms with Crippen LogP contribution >= 0.6 is 0 Å². The molecule has 0 saturated heterocycles. The maximum Gasteiger partial charge on any atom is 0.309 e. The van der Waals surface area contributed by atoms with Gasteiger partial charge in [-0.25, -0.2) is 0 Å². The Bertz CT molecular complexity index is 644. The Kier molecular flexibility index (Phi) is 3.87. The second-order valence-electron chi connectivity index (χ2n) is 5.33. The van der Waals surface area contributed by atoms with Crippen molar-refractivity contribution in [3.63, 3.8) is 0 Å². The number of allylic oxidation sites excluding steroid dienone is 2. The van der Waals surface area contributed by atoms with Gasteiger partial charge in [-0.05, 0) is 23.1 Å². The van der Waals surface area contributed by atoms with Crippen LogP contribution in [0, 0.1) is 5.92 Å². The maximum atomic E-state index is 12.1. The van der Waals surface area contributed by atoms with Gasteiger partial charge in [0.15, 0.2) is 0 Å². The average molecular weight is 278 g/mol. The molecule has 1 aliphatic carbocycles. The molecule has 2 heteroatoms. The fourth-order valence-electron chi connectivity index (χ4n) is 3.02. The third kappa shape index (κ3) is 2.75. The molecule has 0 fully saturated rings. The fourth-order valence-corrected chi connectivity index (χ4v) is 3.02. The SMILES string of the molecule is COC(=O)[C@H]1CC(c2ccccc2)=C[C@H]1c1ccccc1. The Morgan fingerprint density at radius 1 is 1.00 bits per heavy atom. The van der Waals surface area contributed by atoms with Gasteiger partial charge in [0.25, 0.3) is 0 Å². The van der Waals surface area contributed by atoms with Crippen LogP contribution in [0.25, 0.3) is 5.57 Å². The molecule has 0 amide bonds. The first-order valence-corrected chi connectivity index (χ1v) is 7.18. The lowest BCUT2D eigenvalue weighted by Crippen LogP contribution is -2.19. The number of esters is 1. The lowest BCUT2D eigenvalue weighted by molar-refractivity contribution is -0.145. The van der Waals surface area contributed by atoms with Gasteiger partial charge in [0.2, 0.25) is 0 Å². The summed E-state index contributed by atoms with van der Waals surface area (Å²) < 4.78 is 5.00. The van der Waals surface area contributed by atoms with Crippen LogP contribution < -0.4 is 0 Å². The molecule has 2 aromatic rings. The molecule has 0 aliphatic heterocycles. The molecule has 0 spiro atoms. The molecule has 3 rings (SSSR count). The van der Waals surface area contributed by atoms with Crippen molar-refractivity contribution in [2.24, 2.45) is 5.92 Å². The normalized spacial score (nSPS) is 20.9. The van der Waals surface area contributed by atoms with Gasteiger partial charge in [0, 0.05) is 5.92 Å². The van der Waals surface area contributed by atoms with Crippen molar-refractivity contribution < 1.29 is 9.53 Å². The van der Waals surface area contributed by atoms with Crippen LogP contribution in [0.1, 0.15) is 23.5 Å². The van der Waals surface area contributed by atoms with E-state index in [4.69, 9.17) is 4.74 Å². The number of methoxy groups -OCH3 is 1. The second kappa shape index (κ2) is 5.96. The fraction of sp³-hybridized carbons (Fsp3) is 0.211. The zero-order chi connectivity index (χ0) is 14.7. The summed E-state index contributed by atoms with van der Waals surface area (Å²) in [7, 11) is 1.46. The summed E-state index contributed by atoms with van der Waals surface area (Å²) in [5.41, 5.74) is 3.57. The predicted octanol–water partition coefficient (Wildman–Crippen LogP) is 4.05. The molecule has 2 nitrogen and oxygen atoms in total. The molecule has 2 aromatic carbocycles. The van der Waals surface area contributed by atoms with Crippen LogP contribution in [0.2, 0.25) is 0 Å². The molecule has 0 unspecified atom stereocenters. The summed E-state index contributed by atoms with van der Waals surface area (Å²) in [4.78, 5) is 12.1. The number of carbonyl (C=O) groups excluding carboxylic acids is 1. The van der Waals surface area contributed by atoms with Gasteiger partial charge in [-0.1, -0.05) is 66.7 Å². The van der Waals surface area contributed by atoms with Gasteiger partial charge in [-0.3, -0.25) is 4.79 Å². The standard InChI is InChI=1S/C19H18O2/c1-21-19(20)18-13-16(14-8-4-2-5-9-14)12-17(18)15-10-6-3-7-11-15/h2-12,17-18H,13H2,1H3/t17-,18-/m0/s1. The van der Waals surface area contributed by atoms with E-state index in [0.717, 1.165) is 6.42 Å². The third-order valence-electron chi connectivity index (χ3n) is 4.09. The Morgan fingerprint density at radius 2 is 1.62 bits per heavy atom. The van der Waals surface area contributed by atoms with E-state index >= 15 is 0 Å². The molecule has 106 valence electrons. The van der Waals surface area contributed by atoms with Gasteiger partial charge in [0.1, 0.15) is 0 Å². The van der Waals surface area contributed by atoms with E-state index in [1.807, 2.05) is 36.4 Å².